The molecule has 16 heavy (non-hydrogen) atoms. The van der Waals surface area contributed by atoms with E-state index in [-0.39, 0.29) is 0 Å². The van der Waals surface area contributed by atoms with Crippen LogP contribution in [0.2, 0.25) is 0 Å². The summed E-state index contributed by atoms with van der Waals surface area (Å²) < 4.78 is 0. The van der Waals surface area contributed by atoms with Gasteiger partial charge in [-0.3, -0.25) is 0 Å². The lowest BCUT2D eigenvalue weighted by atomic mass is 10.0. The molecule has 0 bridgehead atoms. The van der Waals surface area contributed by atoms with E-state index < -0.39 is 0 Å². The van der Waals surface area contributed by atoms with E-state index >= 15 is 0 Å². The second kappa shape index (κ2) is 4.68. The molecule has 0 amide bonds. The number of nitrogens with zero attached hydrogens (tertiary/aromatic N) is 2. The van der Waals surface area contributed by atoms with Crippen LogP contribution in [0.1, 0.15) is 44.6 Å². The lowest BCUT2D eigenvalue weighted by Gasteiger charge is -2.14. The molecule has 0 aromatic carbocycles. The van der Waals surface area contributed by atoms with Gasteiger partial charge >= 0.3 is 0 Å². The monoisotopic (exact) mass is 220 g/mol. The van der Waals surface area contributed by atoms with Gasteiger partial charge in [0.05, 0.1) is 0 Å². The third-order valence-electron chi connectivity index (χ3n) is 3.03. The van der Waals surface area contributed by atoms with Crippen LogP contribution in [0, 0.1) is 5.92 Å². The van der Waals surface area contributed by atoms with Crippen molar-refractivity contribution in [3.8, 4) is 0 Å². The van der Waals surface area contributed by atoms with Gasteiger partial charge in [0, 0.05) is 12.1 Å². The fourth-order valence-electron chi connectivity index (χ4n) is 1.92. The Balaban J connectivity index is 2.02. The van der Waals surface area contributed by atoms with Crippen molar-refractivity contribution in [3.63, 3.8) is 0 Å². The van der Waals surface area contributed by atoms with E-state index in [1.54, 1.807) is 0 Å². The predicted molar refractivity (Wildman–Crippen MR) is 66.4 cm³/mol. The number of hydrogen-bond acceptors (Lipinski definition) is 4. The van der Waals surface area contributed by atoms with E-state index in [9.17, 15) is 0 Å². The maximum atomic E-state index is 5.88. The van der Waals surface area contributed by atoms with Crippen LogP contribution in [0.15, 0.2) is 6.33 Å². The van der Waals surface area contributed by atoms with Crippen molar-refractivity contribution in [2.45, 2.75) is 39.0 Å². The van der Waals surface area contributed by atoms with Crippen molar-refractivity contribution >= 4 is 11.6 Å². The lowest BCUT2D eigenvalue weighted by Crippen LogP contribution is -2.10. The minimum Gasteiger partial charge on any atom is -0.383 e. The van der Waals surface area contributed by atoms with Crippen LogP contribution in [0.25, 0.3) is 0 Å². The molecule has 0 spiro atoms. The van der Waals surface area contributed by atoms with Gasteiger partial charge < -0.3 is 11.1 Å². The van der Waals surface area contributed by atoms with Crippen molar-refractivity contribution in [2.24, 2.45) is 5.92 Å². The Morgan fingerprint density at radius 2 is 2.19 bits per heavy atom. The average molecular weight is 220 g/mol. The van der Waals surface area contributed by atoms with Gasteiger partial charge in [-0.15, -0.1) is 0 Å². The molecule has 1 aromatic heterocycles. The molecule has 0 unspecified atom stereocenters. The smallest absolute Gasteiger partial charge is 0.134 e. The van der Waals surface area contributed by atoms with Crippen molar-refractivity contribution in [1.82, 2.24) is 9.97 Å². The molecule has 1 saturated carbocycles. The summed E-state index contributed by atoms with van der Waals surface area (Å²) in [4.78, 5) is 8.32. The predicted octanol–water partition coefficient (Wildman–Crippen LogP) is 2.39. The first-order chi connectivity index (χ1) is 7.68. The highest BCUT2D eigenvalue weighted by atomic mass is 15.0. The third-order valence-corrected chi connectivity index (χ3v) is 3.03. The molecule has 1 aliphatic rings. The van der Waals surface area contributed by atoms with Crippen LogP contribution in [0.5, 0.6) is 0 Å². The van der Waals surface area contributed by atoms with Gasteiger partial charge in [-0.25, -0.2) is 9.97 Å². The molecule has 0 radical (unpaired) electrons. The molecule has 4 nitrogen and oxygen atoms in total. The topological polar surface area (TPSA) is 63.8 Å². The quantitative estimate of drug-likeness (QED) is 0.799. The Hall–Kier alpha value is -1.32. The fraction of sp³-hybridized carbons (Fsp3) is 0.667. The molecule has 4 heteroatoms. The van der Waals surface area contributed by atoms with Crippen molar-refractivity contribution in [3.05, 3.63) is 11.9 Å². The molecule has 1 fully saturated rings. The molecule has 88 valence electrons. The highest BCUT2D eigenvalue weighted by molar-refractivity contribution is 5.56. The maximum Gasteiger partial charge on any atom is 0.134 e. The molecule has 1 heterocycles. The lowest BCUT2D eigenvalue weighted by molar-refractivity contribution is 0.754. The van der Waals surface area contributed by atoms with Crippen LogP contribution in [0.3, 0.4) is 0 Å². The van der Waals surface area contributed by atoms with Gasteiger partial charge in [0.25, 0.3) is 0 Å². The first kappa shape index (κ1) is 11.2. The van der Waals surface area contributed by atoms with Gasteiger partial charge in [-0.05, 0) is 18.3 Å². The third kappa shape index (κ3) is 2.62. The zero-order valence-corrected chi connectivity index (χ0v) is 10.0. The van der Waals surface area contributed by atoms with Crippen molar-refractivity contribution in [1.29, 1.82) is 0 Å². The van der Waals surface area contributed by atoms with Crippen molar-refractivity contribution in [2.75, 3.05) is 17.6 Å². The average Bonchev–Trinajstić information content (AvgIpc) is 3.01. The number of nitrogens with two attached hydrogens (primary N) is 1. The maximum absolute atomic E-state index is 5.88. The standard InChI is InChI=1S/C12H20N4/c1-8(2)10-11(13)15-7-16-12(10)14-6-5-9-3-4-9/h7-9H,3-6H2,1-2H3,(H3,13,14,15,16). The van der Waals surface area contributed by atoms with Crippen LogP contribution in [-0.2, 0) is 0 Å². The van der Waals surface area contributed by atoms with Gasteiger partial charge in [0.2, 0.25) is 0 Å². The zero-order valence-electron chi connectivity index (χ0n) is 10.0. The van der Waals surface area contributed by atoms with Crippen LogP contribution in [0.4, 0.5) is 11.6 Å². The number of hydrogen-bond donors (Lipinski definition) is 2. The summed E-state index contributed by atoms with van der Waals surface area (Å²) in [6.07, 6.45) is 5.55. The summed E-state index contributed by atoms with van der Waals surface area (Å²) in [5, 5.41) is 3.38. The molecular formula is C12H20N4. The Morgan fingerprint density at radius 3 is 2.81 bits per heavy atom. The summed E-state index contributed by atoms with van der Waals surface area (Å²) in [6.45, 7) is 5.21. The van der Waals surface area contributed by atoms with E-state index in [0.717, 1.165) is 23.8 Å². The molecule has 2 rings (SSSR count). The second-order valence-electron chi connectivity index (χ2n) is 4.83. The summed E-state index contributed by atoms with van der Waals surface area (Å²) in [5.74, 6) is 2.79. The zero-order chi connectivity index (χ0) is 11.5. The summed E-state index contributed by atoms with van der Waals surface area (Å²) in [6, 6.07) is 0. The molecule has 0 saturated heterocycles. The largest absolute Gasteiger partial charge is 0.383 e. The minimum absolute atomic E-state index is 0.352. The molecule has 0 atom stereocenters. The Kier molecular flexibility index (Phi) is 3.27. The second-order valence-corrected chi connectivity index (χ2v) is 4.83. The van der Waals surface area contributed by atoms with E-state index in [0.29, 0.717) is 11.7 Å². The van der Waals surface area contributed by atoms with Crippen LogP contribution < -0.4 is 11.1 Å². The van der Waals surface area contributed by atoms with Gasteiger partial charge in [0.1, 0.15) is 18.0 Å². The SMILES string of the molecule is CC(C)c1c(N)ncnc1NCCC1CC1. The highest BCUT2D eigenvalue weighted by Gasteiger charge is 2.20. The Morgan fingerprint density at radius 1 is 1.44 bits per heavy atom. The molecule has 0 aliphatic heterocycles. The van der Waals surface area contributed by atoms with E-state index in [1.807, 2.05) is 0 Å². The van der Waals surface area contributed by atoms with E-state index in [1.165, 1.54) is 25.6 Å². The summed E-state index contributed by atoms with van der Waals surface area (Å²) >= 11 is 0. The number of anilines is 2. The number of rotatable bonds is 5. The molecule has 3 N–H and O–H groups in total. The van der Waals surface area contributed by atoms with Gasteiger partial charge in [0.15, 0.2) is 0 Å². The number of nitrogen functional groups attached to an aromatic ring is 1. The fourth-order valence-corrected chi connectivity index (χ4v) is 1.92. The van der Waals surface area contributed by atoms with Gasteiger partial charge in [-0.1, -0.05) is 26.7 Å². The number of nitrogens with one attached hydrogen (secondary N) is 1. The van der Waals surface area contributed by atoms with Crippen molar-refractivity contribution < 1.29 is 0 Å². The van der Waals surface area contributed by atoms with Crippen LogP contribution >= 0.6 is 0 Å². The van der Waals surface area contributed by atoms with Crippen LogP contribution in [-0.4, -0.2) is 16.5 Å². The summed E-state index contributed by atoms with van der Waals surface area (Å²) in [5.41, 5.74) is 6.92. The summed E-state index contributed by atoms with van der Waals surface area (Å²) in [7, 11) is 0. The normalized spacial score (nSPS) is 15.4. The molecule has 1 aliphatic carbocycles. The van der Waals surface area contributed by atoms with Gasteiger partial charge in [-0.2, -0.15) is 0 Å². The Labute approximate surface area is 96.7 Å². The molecular weight excluding hydrogens is 200 g/mol. The minimum atomic E-state index is 0.352. The van der Waals surface area contributed by atoms with E-state index in [4.69, 9.17) is 5.73 Å². The van der Waals surface area contributed by atoms with E-state index in [2.05, 4.69) is 29.1 Å². The first-order valence-electron chi connectivity index (χ1n) is 6.02. The molecule has 1 aromatic rings. The number of aromatic nitrogens is 2. The highest BCUT2D eigenvalue weighted by Crippen LogP contribution is 2.32. The Bertz CT molecular complexity index is 358. The first-order valence-corrected chi connectivity index (χ1v) is 6.02.